The van der Waals surface area contributed by atoms with Crippen molar-refractivity contribution in [1.29, 1.82) is 0 Å². The number of carbonyl (C=O) groups is 2. The summed E-state index contributed by atoms with van der Waals surface area (Å²) in [6.07, 6.45) is 1.48. The number of aromatic nitrogens is 3. The molecule has 2 amide bonds. The number of hydrogen-bond donors (Lipinski definition) is 3. The molecule has 3 aromatic rings. The lowest BCUT2D eigenvalue weighted by atomic mass is 10.2. The summed E-state index contributed by atoms with van der Waals surface area (Å²) in [5, 5.41) is 9.40. The molecule has 1 saturated heterocycles. The smallest absolute Gasteiger partial charge is 0.293 e. The highest BCUT2D eigenvalue weighted by atomic mass is 35.5. The number of nitrogens with one attached hydrogen (secondary N) is 3. The molecule has 12 heteroatoms. The molecule has 3 heterocycles. The molecule has 4 rings (SSSR count). The van der Waals surface area contributed by atoms with Gasteiger partial charge in [0.05, 0.1) is 18.3 Å². The van der Waals surface area contributed by atoms with E-state index in [1.54, 1.807) is 30.1 Å². The van der Waals surface area contributed by atoms with E-state index in [1.165, 1.54) is 17.8 Å². The minimum atomic E-state index is -0.346. The fraction of sp³-hybridized carbons (Fsp3) is 0.286. The zero-order valence-corrected chi connectivity index (χ0v) is 18.8. The summed E-state index contributed by atoms with van der Waals surface area (Å²) in [5.41, 5.74) is 1.01. The first kappa shape index (κ1) is 22.3. The number of pyridine rings is 1. The van der Waals surface area contributed by atoms with Crippen LogP contribution in [0.15, 0.2) is 35.3 Å². The summed E-state index contributed by atoms with van der Waals surface area (Å²) in [4.78, 5) is 46.2. The maximum Gasteiger partial charge on any atom is 0.293 e. The summed E-state index contributed by atoms with van der Waals surface area (Å²) in [6.45, 7) is 1.02. The second-order valence-corrected chi connectivity index (χ2v) is 7.78. The monoisotopic (exact) mass is 471 g/mol. The van der Waals surface area contributed by atoms with Gasteiger partial charge < -0.3 is 30.2 Å². The van der Waals surface area contributed by atoms with Gasteiger partial charge in [0.15, 0.2) is 18.2 Å². The Bertz CT molecular complexity index is 1290. The number of halogens is 1. The maximum absolute atomic E-state index is 12.5. The molecule has 0 spiro atoms. The van der Waals surface area contributed by atoms with Crippen LogP contribution < -0.4 is 31.1 Å². The number of fused-ring (bicyclic) bond motifs is 1. The quantitative estimate of drug-likeness (QED) is 0.481. The van der Waals surface area contributed by atoms with Crippen molar-refractivity contribution < 1.29 is 14.3 Å². The predicted octanol–water partition coefficient (Wildman–Crippen LogP) is 0.786. The third kappa shape index (κ3) is 4.82. The number of aryl methyl sites for hydroxylation is 1. The third-order valence-corrected chi connectivity index (χ3v) is 5.42. The topological polar surface area (TPSA) is 130 Å². The molecular weight excluding hydrogens is 450 g/mol. The predicted molar refractivity (Wildman–Crippen MR) is 124 cm³/mol. The fourth-order valence-electron chi connectivity index (χ4n) is 3.39. The first-order valence-corrected chi connectivity index (χ1v) is 10.5. The largest absolute Gasteiger partial charge is 0.478 e. The third-order valence-electron chi connectivity index (χ3n) is 5.14. The summed E-state index contributed by atoms with van der Waals surface area (Å²) >= 11 is 6.30. The van der Waals surface area contributed by atoms with E-state index in [4.69, 9.17) is 16.3 Å². The molecule has 3 N–H and O–H groups in total. The van der Waals surface area contributed by atoms with E-state index < -0.39 is 0 Å². The lowest BCUT2D eigenvalue weighted by molar-refractivity contribution is -0.122. The van der Waals surface area contributed by atoms with Crippen LogP contribution in [0.4, 0.5) is 17.5 Å². The van der Waals surface area contributed by atoms with Gasteiger partial charge in [0.1, 0.15) is 5.02 Å². The average molecular weight is 472 g/mol. The molecule has 1 aromatic carbocycles. The molecule has 172 valence electrons. The zero-order chi connectivity index (χ0) is 23.5. The number of likely N-dealkylation sites (N-methyl/N-ethyl adjacent to an activating group) is 1. The van der Waals surface area contributed by atoms with E-state index in [1.807, 2.05) is 6.07 Å². The number of hydrogen-bond acceptors (Lipinski definition) is 8. The molecule has 0 unspecified atom stereocenters. The van der Waals surface area contributed by atoms with E-state index in [0.29, 0.717) is 46.5 Å². The molecule has 0 saturated carbocycles. The number of carbonyl (C=O) groups excluding carboxylic acids is 2. The normalized spacial score (nSPS) is 13.5. The highest BCUT2D eigenvalue weighted by Crippen LogP contribution is 2.27. The van der Waals surface area contributed by atoms with E-state index in [0.717, 1.165) is 0 Å². The average Bonchev–Trinajstić information content (AvgIpc) is 2.81. The number of ether oxygens (including phenoxy) is 1. The Morgan fingerprint density at radius 3 is 2.88 bits per heavy atom. The van der Waals surface area contributed by atoms with Gasteiger partial charge in [-0.15, -0.1) is 0 Å². The van der Waals surface area contributed by atoms with E-state index in [-0.39, 0.29) is 36.3 Å². The highest BCUT2D eigenvalue weighted by Gasteiger charge is 2.20. The van der Waals surface area contributed by atoms with Crippen LogP contribution in [0.1, 0.15) is 0 Å². The molecule has 0 bridgehead atoms. The van der Waals surface area contributed by atoms with Gasteiger partial charge in [0.2, 0.25) is 11.9 Å². The Labute approximate surface area is 193 Å². The Kier molecular flexibility index (Phi) is 6.31. The van der Waals surface area contributed by atoms with Crippen LogP contribution in [0.2, 0.25) is 5.02 Å². The van der Waals surface area contributed by atoms with Crippen LogP contribution in [0, 0.1) is 0 Å². The summed E-state index contributed by atoms with van der Waals surface area (Å²) < 4.78 is 6.86. The molecule has 0 atom stereocenters. The lowest BCUT2D eigenvalue weighted by Crippen LogP contribution is -2.48. The number of anilines is 3. The standard InChI is InChI=1S/C21H22ClN7O4/c1-23-18(31)11-33-16-8-12-7-13(3-4-15(12)28(2)20(16)32)26-19-14(22)9-25-21(27-19)29-6-5-24-17(30)10-29/h3-4,7-9H,5-6,10-11H2,1-2H3,(H,23,31)(H,24,30)(H,25,26,27). The summed E-state index contributed by atoms with van der Waals surface area (Å²) in [6, 6.07) is 6.98. The van der Waals surface area contributed by atoms with Crippen LogP contribution in [-0.4, -0.2) is 59.6 Å². The minimum absolute atomic E-state index is 0.0662. The number of amides is 2. The highest BCUT2D eigenvalue weighted by molar-refractivity contribution is 6.32. The second kappa shape index (κ2) is 9.33. The summed E-state index contributed by atoms with van der Waals surface area (Å²) in [7, 11) is 3.12. The Morgan fingerprint density at radius 2 is 2.12 bits per heavy atom. The Balaban J connectivity index is 1.63. The molecule has 0 radical (unpaired) electrons. The molecule has 1 aliphatic heterocycles. The maximum atomic E-state index is 12.5. The number of rotatable bonds is 6. The van der Waals surface area contributed by atoms with Crippen molar-refractivity contribution in [3.05, 3.63) is 45.8 Å². The van der Waals surface area contributed by atoms with Crippen LogP contribution in [0.3, 0.4) is 0 Å². The van der Waals surface area contributed by atoms with Crippen molar-refractivity contribution in [2.75, 3.05) is 43.5 Å². The van der Waals surface area contributed by atoms with Crippen molar-refractivity contribution >= 4 is 51.8 Å². The van der Waals surface area contributed by atoms with Crippen LogP contribution in [0.25, 0.3) is 10.9 Å². The zero-order valence-electron chi connectivity index (χ0n) is 18.0. The fourth-order valence-corrected chi connectivity index (χ4v) is 3.53. The minimum Gasteiger partial charge on any atom is -0.478 e. The number of nitrogens with zero attached hydrogens (tertiary/aromatic N) is 4. The first-order valence-electron chi connectivity index (χ1n) is 10.1. The van der Waals surface area contributed by atoms with Crippen molar-refractivity contribution in [3.63, 3.8) is 0 Å². The molecule has 1 fully saturated rings. The van der Waals surface area contributed by atoms with Crippen LogP contribution in [0.5, 0.6) is 5.75 Å². The molecule has 2 aromatic heterocycles. The van der Waals surface area contributed by atoms with Crippen molar-refractivity contribution in [1.82, 2.24) is 25.2 Å². The van der Waals surface area contributed by atoms with Crippen molar-refractivity contribution in [2.45, 2.75) is 0 Å². The van der Waals surface area contributed by atoms with Crippen molar-refractivity contribution in [3.8, 4) is 5.75 Å². The van der Waals surface area contributed by atoms with Gasteiger partial charge in [-0.1, -0.05) is 11.6 Å². The number of piperazine rings is 1. The van der Waals surface area contributed by atoms with Crippen LogP contribution >= 0.6 is 11.6 Å². The van der Waals surface area contributed by atoms with Gasteiger partial charge in [0, 0.05) is 38.3 Å². The molecule has 0 aliphatic carbocycles. The number of benzene rings is 1. The lowest BCUT2D eigenvalue weighted by Gasteiger charge is -2.26. The Morgan fingerprint density at radius 1 is 1.30 bits per heavy atom. The van der Waals surface area contributed by atoms with Gasteiger partial charge in [-0.25, -0.2) is 4.98 Å². The van der Waals surface area contributed by atoms with E-state index in [9.17, 15) is 14.4 Å². The molecule has 33 heavy (non-hydrogen) atoms. The summed E-state index contributed by atoms with van der Waals surface area (Å²) in [5.74, 6) is 0.408. The van der Waals surface area contributed by atoms with Gasteiger partial charge in [-0.05, 0) is 24.3 Å². The van der Waals surface area contributed by atoms with E-state index >= 15 is 0 Å². The second-order valence-electron chi connectivity index (χ2n) is 7.37. The van der Waals surface area contributed by atoms with Gasteiger partial charge in [-0.3, -0.25) is 14.4 Å². The SMILES string of the molecule is CNC(=O)COc1cc2cc(Nc3nc(N4CCNC(=O)C4)ncc3Cl)ccc2n(C)c1=O. The first-order chi connectivity index (χ1) is 15.9. The van der Waals surface area contributed by atoms with E-state index in [2.05, 4.69) is 25.9 Å². The molecule has 11 nitrogen and oxygen atoms in total. The molecular formula is C21H22ClN7O4. The van der Waals surface area contributed by atoms with Crippen LogP contribution in [-0.2, 0) is 16.6 Å². The van der Waals surface area contributed by atoms with Gasteiger partial charge >= 0.3 is 0 Å². The Hall–Kier alpha value is -3.86. The van der Waals surface area contributed by atoms with Gasteiger partial charge in [0.25, 0.3) is 11.5 Å². The molecule has 1 aliphatic rings. The van der Waals surface area contributed by atoms with Crippen molar-refractivity contribution in [2.24, 2.45) is 7.05 Å². The van der Waals surface area contributed by atoms with Gasteiger partial charge in [-0.2, -0.15) is 4.98 Å².